The summed E-state index contributed by atoms with van der Waals surface area (Å²) >= 11 is 0. The highest BCUT2D eigenvalue weighted by Gasteiger charge is 2.97. The minimum absolute atomic E-state index is 0.124. The summed E-state index contributed by atoms with van der Waals surface area (Å²) < 4.78 is 2.09. The molecule has 0 aliphatic heterocycles. The minimum Gasteiger partial charge on any atom is -0.246 e. The number of hydrogen-bond acceptors (Lipinski definition) is 3. The lowest BCUT2D eigenvalue weighted by atomic mass is 9.50. The molecule has 0 spiro atoms. The molecule has 0 atom stereocenters. The second-order valence-electron chi connectivity index (χ2n) is 12.6. The Kier molecular flexibility index (Phi) is 4.88. The monoisotopic (exact) mass is 488 g/mol. The number of azide groups is 1. The summed E-state index contributed by atoms with van der Waals surface area (Å²) in [6.45, 7) is 0. The maximum atomic E-state index is 8.05. The van der Waals surface area contributed by atoms with Gasteiger partial charge in [-0.1, -0.05) is 64.8 Å². The van der Waals surface area contributed by atoms with E-state index in [1.807, 2.05) is 48.5 Å². The molecule has 6 heteroatoms. The van der Waals surface area contributed by atoms with Crippen molar-refractivity contribution >= 4 is 0 Å². The molecule has 0 saturated heterocycles. The van der Waals surface area contributed by atoms with E-state index in [1.165, 1.54) is 19.3 Å². The molecule has 3 aromatic rings. The Morgan fingerprint density at radius 2 is 1.41 bits per heavy atom. The molecule has 1 heterocycles. The van der Waals surface area contributed by atoms with Gasteiger partial charge in [-0.3, -0.25) is 0 Å². The third kappa shape index (κ3) is 3.85. The van der Waals surface area contributed by atoms with E-state index in [4.69, 9.17) is 12.0 Å². The van der Waals surface area contributed by atoms with Gasteiger partial charge in [0.2, 0.25) is 0 Å². The van der Waals surface area contributed by atoms with Gasteiger partial charge in [-0.05, 0) is 98.1 Å². The van der Waals surface area contributed by atoms with Crippen molar-refractivity contribution in [1.29, 1.82) is 0 Å². The first-order chi connectivity index (χ1) is 18.0. The minimum atomic E-state index is 0.124. The predicted molar refractivity (Wildman–Crippen MR) is 143 cm³/mol. The molecule has 9 aliphatic rings. The largest absolute Gasteiger partial charge is 0.246 e. The lowest BCUT2D eigenvalue weighted by molar-refractivity contribution is -0.0988. The van der Waals surface area contributed by atoms with Crippen LogP contribution in [-0.2, 0) is 5.54 Å². The van der Waals surface area contributed by atoms with Gasteiger partial charge in [0.15, 0.2) is 0 Å². The van der Waals surface area contributed by atoms with Crippen molar-refractivity contribution in [3.05, 3.63) is 82.9 Å². The molecule has 9 fully saturated rings. The van der Waals surface area contributed by atoms with Crippen LogP contribution in [0.1, 0.15) is 63.4 Å². The molecule has 0 radical (unpaired) electrons. The zero-order valence-electron chi connectivity index (χ0n) is 21.1. The van der Waals surface area contributed by atoms with Gasteiger partial charge in [0.1, 0.15) is 5.69 Å². The Morgan fingerprint density at radius 3 is 1.76 bits per heavy atom. The van der Waals surface area contributed by atoms with Gasteiger partial charge in [0.05, 0.1) is 11.7 Å². The van der Waals surface area contributed by atoms with Crippen LogP contribution in [0.15, 0.2) is 72.0 Å². The number of nitrogens with zero attached hydrogens (tertiary/aromatic N) is 6. The molecule has 0 amide bonds. The zero-order valence-corrected chi connectivity index (χ0v) is 21.1. The molecule has 0 unspecified atom stereocenters. The number of rotatable bonds is 3. The summed E-state index contributed by atoms with van der Waals surface area (Å²) in [5.74, 6) is 4.42. The van der Waals surface area contributed by atoms with E-state index in [-0.39, 0.29) is 5.54 Å². The zero-order chi connectivity index (χ0) is 25.1. The van der Waals surface area contributed by atoms with Crippen LogP contribution in [0.5, 0.6) is 0 Å². The van der Waals surface area contributed by atoms with E-state index in [9.17, 15) is 0 Å². The summed E-state index contributed by atoms with van der Waals surface area (Å²) in [5.41, 5.74) is 13.7. The highest BCUT2D eigenvalue weighted by atomic mass is 15.5. The molecule has 9 aliphatic carbocycles. The van der Waals surface area contributed by atoms with Crippen molar-refractivity contribution < 1.29 is 0 Å². The molecule has 0 N–H and O–H groups in total. The molecule has 12 rings (SSSR count). The fourth-order valence-corrected chi connectivity index (χ4v) is 6.79. The number of aromatic nitrogens is 3. The Labute approximate surface area is 218 Å². The second-order valence-corrected chi connectivity index (χ2v) is 12.6. The summed E-state index contributed by atoms with van der Waals surface area (Å²) in [4.78, 5) is 2.79. The standard InChI is InChI=1S/C13H13N3.C8H6.C5H7N3.C5H6/c1-2-4-11(5-3-1)12-9-16(15-14-12)13-6-10(7-13)8-13;1-2-8-6-4-3-5-7-8;6-8-7-5-1-4(2-5)3-5;1-4-2-5(1,4)3-4/h1-5,9-10H,6-8H2;1,3-7H;4H,1-3H2;1-3H2. The van der Waals surface area contributed by atoms with Crippen molar-refractivity contribution in [1.82, 2.24) is 15.0 Å². The van der Waals surface area contributed by atoms with Gasteiger partial charge >= 0.3 is 0 Å². The molecule has 1 aromatic heterocycles. The first kappa shape index (κ1) is 22.6. The van der Waals surface area contributed by atoms with Crippen molar-refractivity contribution in [3.63, 3.8) is 0 Å². The fourth-order valence-electron chi connectivity index (χ4n) is 6.79. The van der Waals surface area contributed by atoms with Crippen LogP contribution in [-0.4, -0.2) is 20.5 Å². The molecule has 6 nitrogen and oxygen atoms in total. The van der Waals surface area contributed by atoms with E-state index >= 15 is 0 Å². The first-order valence-corrected chi connectivity index (χ1v) is 13.6. The second kappa shape index (κ2) is 7.97. The Bertz CT molecular complexity index is 1340. The van der Waals surface area contributed by atoms with Gasteiger partial charge in [-0.2, -0.15) is 0 Å². The Hall–Kier alpha value is -3.55. The van der Waals surface area contributed by atoms with E-state index < -0.39 is 0 Å². The number of terminal acetylenes is 1. The molecule has 4 bridgehead atoms. The third-order valence-electron chi connectivity index (χ3n) is 10.0. The lowest BCUT2D eigenvalue weighted by Crippen LogP contribution is -2.59. The van der Waals surface area contributed by atoms with Crippen molar-refractivity contribution in [2.24, 2.45) is 27.8 Å². The van der Waals surface area contributed by atoms with Gasteiger partial charge in [-0.15, -0.1) is 11.5 Å². The van der Waals surface area contributed by atoms with E-state index in [0.29, 0.717) is 5.54 Å². The van der Waals surface area contributed by atoms with Gasteiger partial charge < -0.3 is 0 Å². The highest BCUT2D eigenvalue weighted by Crippen LogP contribution is 3.06. The number of hydrogen-bond donors (Lipinski definition) is 0. The summed E-state index contributed by atoms with van der Waals surface area (Å²) in [5, 5.41) is 12.3. The SMILES string of the molecule is C#Cc1ccccc1.C1C23CC12C3.[N-]=[N+]=NC12CC(C1)C2.c1ccc(-c2cn(C34CC(C3)C4)nn2)cc1. The molecule has 186 valence electrons. The van der Waals surface area contributed by atoms with Crippen molar-refractivity contribution in [2.75, 3.05) is 0 Å². The van der Waals surface area contributed by atoms with Crippen LogP contribution in [0, 0.1) is 35.0 Å². The molecular weight excluding hydrogens is 456 g/mol. The first-order valence-electron chi connectivity index (χ1n) is 13.6. The predicted octanol–water partition coefficient (Wildman–Crippen LogP) is 7.14. The van der Waals surface area contributed by atoms with Crippen molar-refractivity contribution in [3.8, 4) is 23.6 Å². The highest BCUT2D eigenvalue weighted by molar-refractivity contribution is 5.57. The van der Waals surface area contributed by atoms with E-state index in [1.54, 1.807) is 19.3 Å². The smallest absolute Gasteiger partial charge is 0.113 e. The van der Waals surface area contributed by atoms with Gasteiger partial charge in [0.25, 0.3) is 0 Å². The van der Waals surface area contributed by atoms with Crippen LogP contribution in [0.25, 0.3) is 21.7 Å². The van der Waals surface area contributed by atoms with Gasteiger partial charge in [0, 0.05) is 21.6 Å². The van der Waals surface area contributed by atoms with Crippen LogP contribution >= 0.6 is 0 Å². The topological polar surface area (TPSA) is 79.5 Å². The maximum absolute atomic E-state index is 8.05. The van der Waals surface area contributed by atoms with Gasteiger partial charge in [-0.25, -0.2) is 4.68 Å². The van der Waals surface area contributed by atoms with Crippen LogP contribution in [0.2, 0.25) is 0 Å². The third-order valence-corrected chi connectivity index (χ3v) is 10.0. The van der Waals surface area contributed by atoms with Crippen LogP contribution in [0.4, 0.5) is 0 Å². The molecule has 37 heavy (non-hydrogen) atoms. The Morgan fingerprint density at radius 1 is 0.865 bits per heavy atom. The summed E-state index contributed by atoms with van der Waals surface area (Å²) in [6.07, 6.45) is 19.5. The van der Waals surface area contributed by atoms with Crippen LogP contribution in [0.3, 0.4) is 0 Å². The average molecular weight is 489 g/mol. The molecule has 9 saturated carbocycles. The molecule has 2 aromatic carbocycles. The molecular formula is C31H32N6. The summed E-state index contributed by atoms with van der Waals surface area (Å²) in [6, 6.07) is 19.9. The fraction of sp³-hybridized carbons (Fsp3) is 0.484. The van der Waals surface area contributed by atoms with E-state index in [2.05, 4.69) is 49.3 Å². The maximum Gasteiger partial charge on any atom is 0.113 e. The Balaban J connectivity index is 0.0000000919. The van der Waals surface area contributed by atoms with Crippen molar-refractivity contribution in [2.45, 2.75) is 68.9 Å². The summed E-state index contributed by atoms with van der Waals surface area (Å²) in [7, 11) is 0. The van der Waals surface area contributed by atoms with E-state index in [0.717, 1.165) is 58.7 Å². The quantitative estimate of drug-likeness (QED) is 0.170. The lowest BCUT2D eigenvalue weighted by Gasteiger charge is -2.61. The normalized spacial score (nSPS) is 37.7. The number of benzene rings is 2. The van der Waals surface area contributed by atoms with Crippen LogP contribution < -0.4 is 0 Å². The average Bonchev–Trinajstić information content (AvgIpc) is 3.71.